The third-order valence-electron chi connectivity index (χ3n) is 4.78. The van der Waals surface area contributed by atoms with Gasteiger partial charge >= 0.3 is 0 Å². The topological polar surface area (TPSA) is 41.5 Å². The summed E-state index contributed by atoms with van der Waals surface area (Å²) < 4.78 is 0. The van der Waals surface area contributed by atoms with Crippen molar-refractivity contribution in [1.82, 2.24) is 5.32 Å². The summed E-state index contributed by atoms with van der Waals surface area (Å²) in [6, 6.07) is 21.5. The molecule has 0 aliphatic carbocycles. The first-order valence-electron chi connectivity index (χ1n) is 10.4. The number of nitrogens with zero attached hydrogens (tertiary/aromatic N) is 1. The first-order valence-corrected chi connectivity index (χ1v) is 11.6. The number of halogens is 1. The Balaban J connectivity index is 0.000000339. The van der Waals surface area contributed by atoms with Gasteiger partial charge in [0.15, 0.2) is 0 Å². The predicted octanol–water partition coefficient (Wildman–Crippen LogP) is 7.04. The molecule has 3 nitrogen and oxygen atoms in total. The Kier molecular flexibility index (Phi) is 8.47. The fraction of sp³-hybridized carbons (Fsp3) is 0.231. The summed E-state index contributed by atoms with van der Waals surface area (Å²) in [5.41, 5.74) is 4.31. The number of nitrogens with one attached hydrogen (secondary N) is 1. The third kappa shape index (κ3) is 6.30. The Morgan fingerprint density at radius 3 is 2.52 bits per heavy atom. The van der Waals surface area contributed by atoms with Crippen molar-refractivity contribution in [2.24, 2.45) is 10.9 Å². The minimum Gasteiger partial charge on any atom is -0.320 e. The van der Waals surface area contributed by atoms with E-state index in [2.05, 4.69) is 31.3 Å². The molecule has 0 bridgehead atoms. The lowest BCUT2D eigenvalue weighted by Gasteiger charge is -2.09. The number of aliphatic imine (C=N–C) groups is 1. The molecule has 31 heavy (non-hydrogen) atoms. The van der Waals surface area contributed by atoms with Crippen LogP contribution >= 0.6 is 23.4 Å². The molecule has 0 saturated heterocycles. The van der Waals surface area contributed by atoms with Crippen molar-refractivity contribution in [3.05, 3.63) is 88.4 Å². The van der Waals surface area contributed by atoms with E-state index in [1.165, 1.54) is 6.42 Å². The van der Waals surface area contributed by atoms with Crippen molar-refractivity contribution in [3.8, 4) is 0 Å². The number of benzene rings is 3. The van der Waals surface area contributed by atoms with E-state index in [0.717, 1.165) is 51.1 Å². The molecule has 0 amide bonds. The van der Waals surface area contributed by atoms with E-state index in [-0.39, 0.29) is 0 Å². The summed E-state index contributed by atoms with van der Waals surface area (Å²) in [6.07, 6.45) is 2.13. The second-order valence-electron chi connectivity index (χ2n) is 7.70. The van der Waals surface area contributed by atoms with Crippen LogP contribution in [0.1, 0.15) is 41.8 Å². The number of rotatable bonds is 5. The van der Waals surface area contributed by atoms with Crippen LogP contribution in [0.15, 0.2) is 81.5 Å². The van der Waals surface area contributed by atoms with E-state index in [1.807, 2.05) is 61.6 Å². The summed E-state index contributed by atoms with van der Waals surface area (Å²) in [4.78, 5) is 18.2. The van der Waals surface area contributed by atoms with Gasteiger partial charge in [0.2, 0.25) is 0 Å². The van der Waals surface area contributed by atoms with Crippen molar-refractivity contribution in [2.75, 3.05) is 13.6 Å². The second kappa shape index (κ2) is 11.3. The maximum Gasteiger partial charge on any atom is 0.150 e. The number of carbonyl (C=O) groups is 1. The smallest absolute Gasteiger partial charge is 0.150 e. The molecular formula is C26H27ClN2OS. The van der Waals surface area contributed by atoms with Crippen LogP contribution in [0.5, 0.6) is 0 Å². The molecule has 1 N–H and O–H groups in total. The molecule has 160 valence electrons. The van der Waals surface area contributed by atoms with Gasteiger partial charge in [-0.1, -0.05) is 73.6 Å². The van der Waals surface area contributed by atoms with Crippen LogP contribution in [0, 0.1) is 5.92 Å². The van der Waals surface area contributed by atoms with Crippen molar-refractivity contribution in [1.29, 1.82) is 0 Å². The molecule has 4 rings (SSSR count). The molecule has 3 aromatic carbocycles. The molecule has 0 aromatic heterocycles. The summed E-state index contributed by atoms with van der Waals surface area (Å²) in [6.45, 7) is 5.62. The van der Waals surface area contributed by atoms with Crippen LogP contribution in [-0.2, 0) is 0 Å². The fourth-order valence-electron chi connectivity index (χ4n) is 3.12. The molecule has 1 heterocycles. The van der Waals surface area contributed by atoms with Crippen molar-refractivity contribution < 1.29 is 4.79 Å². The SMILES string of the molecule is CNCCC(C)C.O=Cc1ccc2c(c1)N=C(c1cccc(Cl)c1)c1ccccc1S2. The number of hydrogen-bond donors (Lipinski definition) is 1. The lowest BCUT2D eigenvalue weighted by Crippen LogP contribution is -2.09. The van der Waals surface area contributed by atoms with E-state index in [9.17, 15) is 4.79 Å². The van der Waals surface area contributed by atoms with Crippen LogP contribution in [-0.4, -0.2) is 25.6 Å². The molecule has 3 aromatic rings. The first-order chi connectivity index (χ1) is 15.0. The Hall–Kier alpha value is -2.40. The lowest BCUT2D eigenvalue weighted by molar-refractivity contribution is 0.112. The Morgan fingerprint density at radius 2 is 1.84 bits per heavy atom. The highest BCUT2D eigenvalue weighted by atomic mass is 35.5. The second-order valence-corrected chi connectivity index (χ2v) is 9.22. The normalized spacial score (nSPS) is 12.1. The van der Waals surface area contributed by atoms with Crippen LogP contribution in [0.4, 0.5) is 5.69 Å². The largest absolute Gasteiger partial charge is 0.320 e. The van der Waals surface area contributed by atoms with E-state index in [0.29, 0.717) is 10.6 Å². The molecular weight excluding hydrogens is 424 g/mol. The van der Waals surface area contributed by atoms with Crippen molar-refractivity contribution in [2.45, 2.75) is 30.1 Å². The van der Waals surface area contributed by atoms with Gasteiger partial charge in [-0.2, -0.15) is 0 Å². The highest BCUT2D eigenvalue weighted by molar-refractivity contribution is 7.99. The molecule has 1 aliphatic rings. The zero-order chi connectivity index (χ0) is 22.2. The minimum absolute atomic E-state index is 0.620. The summed E-state index contributed by atoms with van der Waals surface area (Å²) in [5, 5.41) is 3.77. The maximum absolute atomic E-state index is 11.1. The average Bonchev–Trinajstić information content (AvgIpc) is 2.94. The fourth-order valence-corrected chi connectivity index (χ4v) is 4.31. The van der Waals surface area contributed by atoms with E-state index >= 15 is 0 Å². The van der Waals surface area contributed by atoms with Crippen LogP contribution in [0.25, 0.3) is 0 Å². The Labute approximate surface area is 193 Å². The Morgan fingerprint density at radius 1 is 1.03 bits per heavy atom. The van der Waals surface area contributed by atoms with Gasteiger partial charge in [0.05, 0.1) is 11.4 Å². The molecule has 0 fully saturated rings. The van der Waals surface area contributed by atoms with Crippen LogP contribution in [0.3, 0.4) is 0 Å². The van der Waals surface area contributed by atoms with Gasteiger partial charge < -0.3 is 5.32 Å². The third-order valence-corrected chi connectivity index (χ3v) is 6.16. The molecule has 0 saturated carbocycles. The number of fused-ring (bicyclic) bond motifs is 2. The van der Waals surface area contributed by atoms with Crippen molar-refractivity contribution >= 4 is 41.0 Å². The lowest BCUT2D eigenvalue weighted by atomic mass is 10.0. The van der Waals surface area contributed by atoms with Gasteiger partial charge in [-0.05, 0) is 56.3 Å². The monoisotopic (exact) mass is 450 g/mol. The van der Waals surface area contributed by atoms with E-state index in [4.69, 9.17) is 16.6 Å². The van der Waals surface area contributed by atoms with Gasteiger partial charge in [0.25, 0.3) is 0 Å². The zero-order valence-electron chi connectivity index (χ0n) is 18.1. The molecule has 5 heteroatoms. The van der Waals surface area contributed by atoms with Gasteiger partial charge in [0.1, 0.15) is 6.29 Å². The van der Waals surface area contributed by atoms with Gasteiger partial charge in [-0.15, -0.1) is 0 Å². The summed E-state index contributed by atoms with van der Waals surface area (Å²) in [5.74, 6) is 0.840. The highest BCUT2D eigenvalue weighted by Crippen LogP contribution is 2.41. The molecule has 1 aliphatic heterocycles. The van der Waals surface area contributed by atoms with Crippen LogP contribution in [0.2, 0.25) is 5.02 Å². The molecule has 0 radical (unpaired) electrons. The average molecular weight is 451 g/mol. The first kappa shape index (κ1) is 23.3. The number of aldehydes is 1. The minimum atomic E-state index is 0.620. The summed E-state index contributed by atoms with van der Waals surface area (Å²) in [7, 11) is 1.99. The highest BCUT2D eigenvalue weighted by Gasteiger charge is 2.19. The van der Waals surface area contributed by atoms with Gasteiger partial charge in [0, 0.05) is 31.5 Å². The Bertz CT molecular complexity index is 1080. The quantitative estimate of drug-likeness (QED) is 0.331. The summed E-state index contributed by atoms with van der Waals surface area (Å²) >= 11 is 7.83. The van der Waals surface area contributed by atoms with Crippen LogP contribution < -0.4 is 5.32 Å². The van der Waals surface area contributed by atoms with E-state index < -0.39 is 0 Å². The molecule has 0 unspecified atom stereocenters. The number of hydrogen-bond acceptors (Lipinski definition) is 4. The van der Waals surface area contributed by atoms with E-state index in [1.54, 1.807) is 11.8 Å². The standard InChI is InChI=1S/C20H12ClNOS.C6H15N/c21-15-5-3-4-14(11-15)20-16-6-1-2-7-18(16)24-19-9-8-13(12-23)10-17(19)22-20;1-6(2)4-5-7-3/h1-12H;6-7H,4-5H2,1-3H3. The van der Waals surface area contributed by atoms with Crippen molar-refractivity contribution in [3.63, 3.8) is 0 Å². The van der Waals surface area contributed by atoms with Gasteiger partial charge in [-0.3, -0.25) is 4.79 Å². The molecule has 0 atom stereocenters. The predicted molar refractivity (Wildman–Crippen MR) is 133 cm³/mol. The zero-order valence-corrected chi connectivity index (χ0v) is 19.6. The maximum atomic E-state index is 11.1. The van der Waals surface area contributed by atoms with Gasteiger partial charge in [-0.25, -0.2) is 4.99 Å². The molecule has 0 spiro atoms. The number of carbonyl (C=O) groups excluding carboxylic acids is 1.